The summed E-state index contributed by atoms with van der Waals surface area (Å²) in [4.78, 5) is 12.6. The molecule has 108 valence electrons. The zero-order valence-corrected chi connectivity index (χ0v) is 11.5. The summed E-state index contributed by atoms with van der Waals surface area (Å²) in [6.07, 6.45) is 5.20. The summed E-state index contributed by atoms with van der Waals surface area (Å²) in [5.41, 5.74) is 4.05. The highest BCUT2D eigenvalue weighted by Gasteiger charge is 2.10. The van der Waals surface area contributed by atoms with E-state index in [0.717, 1.165) is 11.4 Å². The zero-order valence-electron chi connectivity index (χ0n) is 11.5. The van der Waals surface area contributed by atoms with Crippen molar-refractivity contribution in [3.63, 3.8) is 0 Å². The molecule has 3 aromatic rings. The van der Waals surface area contributed by atoms with E-state index in [0.29, 0.717) is 11.9 Å². The maximum absolute atomic E-state index is 5.39. The second kappa shape index (κ2) is 5.17. The Kier molecular flexibility index (Phi) is 3.20. The number of hydrogen-bond acceptors (Lipinski definition) is 8. The number of hydrazine groups is 1. The van der Waals surface area contributed by atoms with E-state index in [1.54, 1.807) is 23.1 Å². The molecule has 0 unspecified atom stereocenters. The fraction of sp³-hybridized carbons (Fsp3) is 0.182. The molecule has 0 saturated carbocycles. The lowest BCUT2D eigenvalue weighted by Gasteiger charge is -2.07. The van der Waals surface area contributed by atoms with Crippen molar-refractivity contribution in [2.45, 2.75) is 6.92 Å². The molecule has 0 aromatic carbocycles. The summed E-state index contributed by atoms with van der Waals surface area (Å²) in [5.74, 6) is 6.33. The lowest BCUT2D eigenvalue weighted by Crippen LogP contribution is -2.15. The number of hydrogen-bond donors (Lipinski definition) is 3. The Hall–Kier alpha value is -3.01. The minimum absolute atomic E-state index is 0.236. The monoisotopic (exact) mass is 286 g/mol. The van der Waals surface area contributed by atoms with Gasteiger partial charge in [0.2, 0.25) is 11.9 Å². The largest absolute Gasteiger partial charge is 0.321 e. The number of nitrogen functional groups attached to an aromatic ring is 1. The Morgan fingerprint density at radius 1 is 1.19 bits per heavy atom. The van der Waals surface area contributed by atoms with Crippen LogP contribution in [0.15, 0.2) is 24.7 Å². The Morgan fingerprint density at radius 3 is 2.62 bits per heavy atom. The molecule has 0 amide bonds. The molecule has 0 spiro atoms. The third-order valence-electron chi connectivity index (χ3n) is 2.72. The number of nitrogens with two attached hydrogens (primary N) is 1. The van der Waals surface area contributed by atoms with Gasteiger partial charge in [-0.15, -0.1) is 0 Å². The van der Waals surface area contributed by atoms with Gasteiger partial charge in [-0.1, -0.05) is 0 Å². The number of nitrogens with zero attached hydrogens (tertiary/aromatic N) is 7. The molecular formula is C11H14N10. The first-order valence-corrected chi connectivity index (χ1v) is 6.15. The van der Waals surface area contributed by atoms with E-state index in [1.807, 2.05) is 20.2 Å². The van der Waals surface area contributed by atoms with Gasteiger partial charge in [-0.05, 0) is 13.0 Å². The molecule has 0 fully saturated rings. The molecule has 4 N–H and O–H groups in total. The summed E-state index contributed by atoms with van der Waals surface area (Å²) >= 11 is 0. The normalized spacial score (nSPS) is 10.6. The predicted molar refractivity (Wildman–Crippen MR) is 76.0 cm³/mol. The van der Waals surface area contributed by atoms with Gasteiger partial charge in [0.15, 0.2) is 0 Å². The number of nitrogens with one attached hydrogen (secondary N) is 2. The van der Waals surface area contributed by atoms with Crippen LogP contribution >= 0.6 is 0 Å². The highest BCUT2D eigenvalue weighted by molar-refractivity contribution is 5.56. The van der Waals surface area contributed by atoms with Crippen LogP contribution in [-0.4, -0.2) is 34.5 Å². The van der Waals surface area contributed by atoms with E-state index in [1.165, 1.54) is 4.68 Å². The van der Waals surface area contributed by atoms with E-state index in [4.69, 9.17) is 5.84 Å². The van der Waals surface area contributed by atoms with Crippen LogP contribution in [0.25, 0.3) is 5.95 Å². The van der Waals surface area contributed by atoms with Crippen LogP contribution in [0.2, 0.25) is 0 Å². The maximum atomic E-state index is 5.39. The smallest absolute Gasteiger partial charge is 0.257 e. The van der Waals surface area contributed by atoms with Crippen molar-refractivity contribution in [3.05, 3.63) is 30.4 Å². The molecular weight excluding hydrogens is 272 g/mol. The van der Waals surface area contributed by atoms with Gasteiger partial charge < -0.3 is 5.32 Å². The van der Waals surface area contributed by atoms with Crippen molar-refractivity contribution in [1.82, 2.24) is 34.5 Å². The van der Waals surface area contributed by atoms with Crippen molar-refractivity contribution >= 4 is 17.6 Å². The predicted octanol–water partition coefficient (Wildman–Crippen LogP) is 0.128. The lowest BCUT2D eigenvalue weighted by molar-refractivity contribution is 0.756. The molecule has 3 aromatic heterocycles. The number of rotatable bonds is 4. The van der Waals surface area contributed by atoms with Gasteiger partial charge in [0, 0.05) is 25.6 Å². The summed E-state index contributed by atoms with van der Waals surface area (Å²) < 4.78 is 3.22. The Morgan fingerprint density at radius 2 is 2.00 bits per heavy atom. The molecule has 0 aliphatic heterocycles. The number of aromatic nitrogens is 7. The summed E-state index contributed by atoms with van der Waals surface area (Å²) in [6.45, 7) is 1.89. The standard InChI is InChI=1S/C11H14N10/c1-7-8(6-20(2)19-7)14-9-15-10(18-12)17-11(16-9)21-5-3-4-13-21/h3-6H,12H2,1-2H3,(H2,14,15,16,17,18). The van der Waals surface area contributed by atoms with Crippen molar-refractivity contribution in [3.8, 4) is 5.95 Å². The number of aryl methyl sites for hydroxylation is 2. The van der Waals surface area contributed by atoms with Crippen LogP contribution in [0.3, 0.4) is 0 Å². The first-order chi connectivity index (χ1) is 10.2. The van der Waals surface area contributed by atoms with E-state index in [-0.39, 0.29) is 5.95 Å². The minimum atomic E-state index is 0.236. The third-order valence-corrected chi connectivity index (χ3v) is 2.72. The molecule has 3 heterocycles. The second-order valence-corrected chi connectivity index (χ2v) is 4.30. The molecule has 0 bridgehead atoms. The van der Waals surface area contributed by atoms with Gasteiger partial charge in [0.25, 0.3) is 5.95 Å². The molecule has 10 nitrogen and oxygen atoms in total. The van der Waals surface area contributed by atoms with Gasteiger partial charge in [-0.3, -0.25) is 10.1 Å². The Bertz CT molecular complexity index is 744. The van der Waals surface area contributed by atoms with Gasteiger partial charge in [-0.2, -0.15) is 25.1 Å². The topological polar surface area (TPSA) is 124 Å². The van der Waals surface area contributed by atoms with Crippen LogP contribution in [0.1, 0.15) is 5.69 Å². The van der Waals surface area contributed by atoms with E-state index < -0.39 is 0 Å². The van der Waals surface area contributed by atoms with Crippen molar-refractivity contribution in [2.24, 2.45) is 12.9 Å². The van der Waals surface area contributed by atoms with Gasteiger partial charge in [0.1, 0.15) is 0 Å². The lowest BCUT2D eigenvalue weighted by atomic mass is 10.4. The first kappa shape index (κ1) is 13.0. The summed E-state index contributed by atoms with van der Waals surface area (Å²) in [5, 5.41) is 11.4. The van der Waals surface area contributed by atoms with Crippen LogP contribution < -0.4 is 16.6 Å². The fourth-order valence-corrected chi connectivity index (χ4v) is 1.82. The van der Waals surface area contributed by atoms with Crippen LogP contribution in [0.4, 0.5) is 17.6 Å². The first-order valence-electron chi connectivity index (χ1n) is 6.15. The van der Waals surface area contributed by atoms with Gasteiger partial charge >= 0.3 is 0 Å². The van der Waals surface area contributed by atoms with E-state index >= 15 is 0 Å². The molecule has 0 atom stereocenters. The van der Waals surface area contributed by atoms with E-state index in [9.17, 15) is 0 Å². The molecule has 0 radical (unpaired) electrons. The van der Waals surface area contributed by atoms with Crippen molar-refractivity contribution in [1.29, 1.82) is 0 Å². The van der Waals surface area contributed by atoms with Crippen molar-refractivity contribution < 1.29 is 0 Å². The third kappa shape index (κ3) is 2.65. The molecule has 0 aliphatic carbocycles. The molecule has 10 heteroatoms. The average Bonchev–Trinajstić information content (AvgIpc) is 3.09. The highest BCUT2D eigenvalue weighted by Crippen LogP contribution is 2.17. The quantitative estimate of drug-likeness (QED) is 0.456. The molecule has 21 heavy (non-hydrogen) atoms. The van der Waals surface area contributed by atoms with E-state index in [2.05, 4.69) is 35.9 Å². The van der Waals surface area contributed by atoms with Gasteiger partial charge in [0.05, 0.1) is 11.4 Å². The summed E-state index contributed by atoms with van der Waals surface area (Å²) in [7, 11) is 1.84. The average molecular weight is 286 g/mol. The van der Waals surface area contributed by atoms with Crippen molar-refractivity contribution in [2.75, 3.05) is 10.7 Å². The van der Waals surface area contributed by atoms with Crippen LogP contribution in [0.5, 0.6) is 0 Å². The van der Waals surface area contributed by atoms with Crippen LogP contribution in [0, 0.1) is 6.92 Å². The Labute approximate surface area is 120 Å². The second-order valence-electron chi connectivity index (χ2n) is 4.30. The fourth-order valence-electron chi connectivity index (χ4n) is 1.82. The number of anilines is 3. The Balaban J connectivity index is 1.98. The zero-order chi connectivity index (χ0) is 14.8. The minimum Gasteiger partial charge on any atom is -0.321 e. The SMILES string of the molecule is Cc1nn(C)cc1Nc1nc(NN)nc(-n2cccn2)n1. The van der Waals surface area contributed by atoms with Crippen LogP contribution in [-0.2, 0) is 7.05 Å². The molecule has 0 saturated heterocycles. The molecule has 0 aliphatic rings. The molecule has 3 rings (SSSR count). The maximum Gasteiger partial charge on any atom is 0.257 e. The highest BCUT2D eigenvalue weighted by atomic mass is 15.4. The summed E-state index contributed by atoms with van der Waals surface area (Å²) in [6, 6.07) is 1.78. The van der Waals surface area contributed by atoms with Gasteiger partial charge in [-0.25, -0.2) is 10.5 Å².